The summed E-state index contributed by atoms with van der Waals surface area (Å²) in [7, 11) is 1.39. The maximum atomic E-state index is 15.7. The molecule has 133 heavy (non-hydrogen) atoms. The van der Waals surface area contributed by atoms with Crippen molar-refractivity contribution in [1.82, 2.24) is 92.6 Å². The lowest BCUT2D eigenvalue weighted by Crippen LogP contribution is -2.62. The van der Waals surface area contributed by atoms with E-state index in [1.54, 1.807) is 30.5 Å². The highest BCUT2D eigenvalue weighted by molar-refractivity contribution is 8.00. The maximum absolute atomic E-state index is 15.7. The van der Waals surface area contributed by atoms with Crippen molar-refractivity contribution < 1.29 is 96.8 Å². The van der Waals surface area contributed by atoms with Gasteiger partial charge in [0.2, 0.25) is 88.6 Å². The van der Waals surface area contributed by atoms with Gasteiger partial charge in [-0.2, -0.15) is 0 Å². The minimum absolute atomic E-state index is 0.00991. The van der Waals surface area contributed by atoms with Crippen LogP contribution in [0.25, 0.3) is 21.7 Å². The number of Topliss-reactive ketones (excluding diaryl/α,β-unsaturated/α-hetero) is 1. The van der Waals surface area contributed by atoms with Gasteiger partial charge >= 0.3 is 5.97 Å². The number of nitrogens with one attached hydrogen (secondary N) is 10. The fourth-order valence-electron chi connectivity index (χ4n) is 17.3. The summed E-state index contributed by atoms with van der Waals surface area (Å²) in [5, 5.41) is 70.7. The quantitative estimate of drug-likeness (QED) is 0.0293. The van der Waals surface area contributed by atoms with Crippen LogP contribution in [0.15, 0.2) is 97.2 Å². The number of carbonyl (C=O) groups is 17. The number of aliphatic carboxylic acids is 1. The number of unbranched alkanes of at least 4 members (excludes halogenated alkanes) is 2. The van der Waals surface area contributed by atoms with Gasteiger partial charge in [0.25, 0.3) is 0 Å². The molecule has 0 bridgehead atoms. The molecule has 4 aromatic carbocycles. The maximum Gasteiger partial charge on any atom is 0.303 e. The Morgan fingerprint density at radius 1 is 0.556 bits per heavy atom. The van der Waals surface area contributed by atoms with Gasteiger partial charge in [-0.1, -0.05) is 112 Å². The van der Waals surface area contributed by atoms with Gasteiger partial charge in [0.15, 0.2) is 11.6 Å². The molecule has 0 aliphatic carbocycles. The number of tetrazole rings is 1. The highest BCUT2D eigenvalue weighted by Gasteiger charge is 2.47. The summed E-state index contributed by atoms with van der Waals surface area (Å²) < 4.78 is 1.27. The Bertz CT molecular complexity index is 5190. The number of nitrogens with zero attached hydrogens (tertiary/aromatic N) is 8. The number of ketones is 1. The van der Waals surface area contributed by atoms with Crippen molar-refractivity contribution in [1.29, 1.82) is 0 Å². The van der Waals surface area contributed by atoms with Crippen LogP contribution in [0, 0.1) is 5.92 Å². The fourth-order valence-corrected chi connectivity index (χ4v) is 18.1. The number of aromatic amines is 1. The molecular weight excluding hydrogens is 1740 g/mol. The van der Waals surface area contributed by atoms with E-state index in [0.29, 0.717) is 66.1 Å². The van der Waals surface area contributed by atoms with E-state index < -0.39 is 261 Å². The molecule has 0 saturated carbocycles. The molecule has 718 valence electrons. The number of phenolic OH excluding ortho intramolecular Hbond substituents is 1. The van der Waals surface area contributed by atoms with Gasteiger partial charge in [0.05, 0.1) is 36.9 Å². The van der Waals surface area contributed by atoms with Crippen molar-refractivity contribution in [2.24, 2.45) is 34.6 Å². The predicted octanol–water partition coefficient (Wildman–Crippen LogP) is -2.70. The summed E-state index contributed by atoms with van der Waals surface area (Å²) in [4.78, 5) is 254. The third kappa shape index (κ3) is 27.3. The molecule has 0 radical (unpaired) electrons. The number of hydrogen-bond donors (Lipinski definition) is 18. The van der Waals surface area contributed by atoms with E-state index in [4.69, 9.17) is 28.7 Å². The number of benzene rings is 4. The molecule has 3 fully saturated rings. The Morgan fingerprint density at radius 3 is 1.81 bits per heavy atom. The Balaban J connectivity index is 1.02. The van der Waals surface area contributed by atoms with E-state index in [0.717, 1.165) is 32.3 Å². The first kappa shape index (κ1) is 102. The molecule has 23 N–H and O–H groups in total. The van der Waals surface area contributed by atoms with Crippen LogP contribution < -0.4 is 76.5 Å². The van der Waals surface area contributed by atoms with Gasteiger partial charge in [0, 0.05) is 107 Å². The van der Waals surface area contributed by atoms with Crippen molar-refractivity contribution in [2.45, 2.75) is 227 Å². The smallest absolute Gasteiger partial charge is 0.303 e. The van der Waals surface area contributed by atoms with Gasteiger partial charge in [-0.25, -0.2) is 4.68 Å². The number of primary amides is 2. The number of aliphatic hydroxyl groups is 1. The van der Waals surface area contributed by atoms with E-state index in [1.165, 1.54) is 45.8 Å². The SMILES string of the molecule is CCCC[C@H]1C(=O)N[C@@H](CN)C(=O)N[C@H](C(=O)NCC(N)=O)CSCC(=O)N[C@@H](Cc2ccc(O)cc2)C(=O)N2CCCC[C@H]2C(=O)N[C@@H](CC(N)=O)C(=O)N2CCC[C@H]2C(=O)N[C@@H](CN)C(=O)N[C@@H](CCC(=O)O)C(=O)N2C[C@H](O)C[C@H]2C(=O)N[C@@H](Cc2c[nH]c3ccccc23)C(=O)C[C@@H](CCN)C(=O)N[C@@H](Cc2cccc3ccccc23)c2nnnn2[C@@H](CCCC)C(=O)N1C. The summed E-state index contributed by atoms with van der Waals surface area (Å²) >= 11 is 0.781. The molecule has 4 aliphatic heterocycles. The zero-order chi connectivity index (χ0) is 96.3. The Kier molecular flexibility index (Phi) is 37.5. The second-order valence-corrected chi connectivity index (χ2v) is 34.9. The number of thioether (sulfide) groups is 1. The van der Waals surface area contributed by atoms with Crippen LogP contribution in [0.1, 0.15) is 158 Å². The lowest BCUT2D eigenvalue weighted by Gasteiger charge is -2.38. The number of piperidine rings is 1. The number of carboxylic acid groups (broad SMARTS) is 1. The zero-order valence-electron chi connectivity index (χ0n) is 74.6. The van der Waals surface area contributed by atoms with E-state index in [-0.39, 0.29) is 89.0 Å². The van der Waals surface area contributed by atoms with Crippen LogP contribution in [0.5, 0.6) is 5.75 Å². The van der Waals surface area contributed by atoms with Crippen LogP contribution in [0.2, 0.25) is 0 Å². The molecule has 15 atom stereocenters. The Hall–Kier alpha value is -13.1. The lowest BCUT2D eigenvalue weighted by atomic mass is 9.91. The number of aliphatic hydroxyl groups excluding tert-OH is 1. The highest BCUT2D eigenvalue weighted by atomic mass is 32.2. The number of phenols is 1. The summed E-state index contributed by atoms with van der Waals surface area (Å²) in [6.45, 7) is 0.832. The largest absolute Gasteiger partial charge is 0.508 e. The number of carbonyl (C=O) groups excluding carboxylic acids is 16. The Labute approximate surface area is 770 Å². The third-order valence-electron chi connectivity index (χ3n) is 24.4. The number of likely N-dealkylation sites (N-methyl/N-ethyl adjacent to an activating group) is 1. The minimum Gasteiger partial charge on any atom is -0.508 e. The molecule has 6 heterocycles. The molecule has 4 aliphatic rings. The van der Waals surface area contributed by atoms with Crippen LogP contribution in [0.3, 0.4) is 0 Å². The third-order valence-corrected chi connectivity index (χ3v) is 25.4. The zero-order valence-corrected chi connectivity index (χ0v) is 75.4. The number of para-hydroxylation sites is 1. The molecule has 15 amide bonds. The first-order valence-corrected chi connectivity index (χ1v) is 46.0. The number of rotatable bonds is 24. The molecule has 10 rings (SSSR count). The number of aromatic nitrogens is 5. The van der Waals surface area contributed by atoms with Gasteiger partial charge in [-0.05, 0) is 120 Å². The second kappa shape index (κ2) is 48.9. The topological polar surface area (TPSA) is 662 Å². The van der Waals surface area contributed by atoms with Crippen molar-refractivity contribution in [3.63, 3.8) is 0 Å². The molecule has 0 spiro atoms. The van der Waals surface area contributed by atoms with Gasteiger partial charge < -0.3 is 116 Å². The molecule has 43 nitrogen and oxygen atoms in total. The van der Waals surface area contributed by atoms with Gasteiger partial charge in [-0.3, -0.25) is 81.5 Å². The highest BCUT2D eigenvalue weighted by Crippen LogP contribution is 2.32. The monoisotopic (exact) mass is 1860 g/mol. The number of nitrogens with two attached hydrogens (primary N) is 5. The minimum atomic E-state index is -1.81. The van der Waals surface area contributed by atoms with Crippen LogP contribution in [-0.4, -0.2) is 297 Å². The molecule has 0 unspecified atom stereocenters. The average molecular weight is 1870 g/mol. The number of carboxylic acids is 1. The number of aromatic hydroxyl groups is 1. The van der Waals surface area contributed by atoms with Crippen molar-refractivity contribution in [2.75, 3.05) is 64.4 Å². The number of H-pyrrole nitrogens is 1. The number of hydrogen-bond acceptors (Lipinski definition) is 26. The van der Waals surface area contributed by atoms with Gasteiger partial charge in [-0.15, -0.1) is 16.9 Å². The first-order valence-electron chi connectivity index (χ1n) is 44.9. The molecular formula is C89H121N23O20S. The van der Waals surface area contributed by atoms with E-state index in [1.807, 2.05) is 56.3 Å². The van der Waals surface area contributed by atoms with Crippen LogP contribution in [-0.2, 0) is 101 Å². The second-order valence-electron chi connectivity index (χ2n) is 33.9. The standard InChI is InChI=1S/C89H121N23O20S/c1-4-6-22-67-82(125)102-65(43-92)81(124)104-66(79(122)96-45-74(94)117)47-133-48-75(118)97-62(36-49-26-28-54(113)29-27-49)87(130)109-34-13-12-24-68(109)83(126)101-63(41-73(93)116)88(131)110-35-15-25-69(110)84(127)103-64(42-91)80(123)98-59(30-31-76(119)120)86(129)111-46-55(114)40-71(111)85(128)99-60(38-53-44-95-58-21-11-10-20-57(53)58)72(115)39-52(32-33-90)78(121)100-61(37-51-18-14-17-50-16-8-9-19-56(50)51)77-105-106-107-112(77)70(23-7-5-2)89(132)108(67)3/h8-11,14,16-21,26-29,44,52,55,59-71,95,113-114H,4-7,12-13,15,22-25,30-43,45-48,90-92H2,1-3H3,(H2,93,116)(H2,94,117)(H,96,122)(H,97,118)(H,98,123)(H,99,128)(H,100,121)(H,101,126)(H,102,125)(H,103,127)(H,104,124)(H,119,120)/t52-,55-,59+,60+,61+,62+,63+,64+,65+,66+,67+,68+,69+,70+,71+/m1/s1. The average Bonchev–Trinajstić information content (AvgIpc) is 1.75. The summed E-state index contributed by atoms with van der Waals surface area (Å²) in [5.41, 5.74) is 32.2. The number of fused-ring (bicyclic) bond motifs is 6. The van der Waals surface area contributed by atoms with Crippen molar-refractivity contribution in [3.05, 3.63) is 120 Å². The molecule has 44 heteroatoms. The molecule has 3 saturated heterocycles. The summed E-state index contributed by atoms with van der Waals surface area (Å²) in [6.07, 6.45) is -1.02. The molecule has 2 aromatic heterocycles. The van der Waals surface area contributed by atoms with E-state index in [2.05, 4.69) is 68.4 Å². The van der Waals surface area contributed by atoms with E-state index >= 15 is 33.6 Å². The van der Waals surface area contributed by atoms with Crippen LogP contribution in [0.4, 0.5) is 0 Å². The number of amides is 15. The lowest BCUT2D eigenvalue weighted by molar-refractivity contribution is -0.147. The first-order chi connectivity index (χ1) is 63.7. The summed E-state index contributed by atoms with van der Waals surface area (Å²) in [5.74, 6) is -18.6. The van der Waals surface area contributed by atoms with E-state index in [9.17, 15) is 63.3 Å². The Morgan fingerprint density at radius 2 is 1.14 bits per heavy atom. The summed E-state index contributed by atoms with van der Waals surface area (Å²) in [6, 6.07) is 5.91. The fraction of sp³-hybridized carbons (Fsp3) is 0.528. The van der Waals surface area contributed by atoms with Gasteiger partial charge in [0.1, 0.15) is 72.2 Å². The van der Waals surface area contributed by atoms with Crippen molar-refractivity contribution >= 4 is 134 Å². The molecule has 6 aromatic rings. The normalized spacial score (nSPS) is 25.3. The van der Waals surface area contributed by atoms with Crippen molar-refractivity contribution in [3.8, 4) is 5.75 Å². The van der Waals surface area contributed by atoms with Crippen LogP contribution >= 0.6 is 11.8 Å². The predicted molar refractivity (Wildman–Crippen MR) is 484 cm³/mol.